The zero-order chi connectivity index (χ0) is 26.5. The van der Waals surface area contributed by atoms with E-state index >= 15 is 0 Å². The number of piperidine rings is 1. The van der Waals surface area contributed by atoms with Crippen molar-refractivity contribution < 1.29 is 9.53 Å². The molecule has 5 heterocycles. The van der Waals surface area contributed by atoms with E-state index in [0.717, 1.165) is 83.6 Å². The number of aryl methyl sites for hydroxylation is 1. The van der Waals surface area contributed by atoms with Crippen LogP contribution in [0.2, 0.25) is 0 Å². The lowest BCUT2D eigenvalue weighted by Crippen LogP contribution is -2.31. The minimum atomic E-state index is -0.153. The second-order valence-corrected chi connectivity index (χ2v) is 10.9. The molecule has 2 fully saturated rings. The van der Waals surface area contributed by atoms with Gasteiger partial charge in [0, 0.05) is 35.5 Å². The van der Waals surface area contributed by atoms with E-state index < -0.39 is 0 Å². The van der Waals surface area contributed by atoms with Crippen molar-refractivity contribution in [1.29, 1.82) is 0 Å². The van der Waals surface area contributed by atoms with Gasteiger partial charge in [0.2, 0.25) is 0 Å². The van der Waals surface area contributed by atoms with Crippen LogP contribution in [-0.4, -0.2) is 43.7 Å². The first-order valence-electron chi connectivity index (χ1n) is 13.7. The van der Waals surface area contributed by atoms with Gasteiger partial charge in [0.15, 0.2) is 0 Å². The Morgan fingerprint density at radius 2 is 1.90 bits per heavy atom. The van der Waals surface area contributed by atoms with Gasteiger partial charge in [-0.25, -0.2) is 15.0 Å². The van der Waals surface area contributed by atoms with Crippen LogP contribution in [0.3, 0.4) is 0 Å². The summed E-state index contributed by atoms with van der Waals surface area (Å²) < 4.78 is 7.66. The summed E-state index contributed by atoms with van der Waals surface area (Å²) in [5.41, 5.74) is 12.2. The highest BCUT2D eigenvalue weighted by molar-refractivity contribution is 6.06. The number of amides is 1. The maximum Gasteiger partial charge on any atom is 0.261 e. The molecule has 0 atom stereocenters. The lowest BCUT2D eigenvalue weighted by molar-refractivity contribution is 0.0984. The molecular weight excluding hydrogens is 492 g/mol. The van der Waals surface area contributed by atoms with Gasteiger partial charge in [-0.05, 0) is 62.9 Å². The fourth-order valence-electron chi connectivity index (χ4n) is 5.72. The number of aromatic nitrogens is 5. The third-order valence-corrected chi connectivity index (χ3v) is 8.11. The van der Waals surface area contributed by atoms with E-state index in [4.69, 9.17) is 15.6 Å². The van der Waals surface area contributed by atoms with Crippen LogP contribution in [0.1, 0.15) is 76.2 Å². The fourth-order valence-corrected chi connectivity index (χ4v) is 5.72. The molecule has 0 unspecified atom stereocenters. The number of nitrogen functional groups attached to an aromatic ring is 1. The topological polar surface area (TPSA) is 124 Å². The van der Waals surface area contributed by atoms with Gasteiger partial charge in [-0.1, -0.05) is 12.1 Å². The zero-order valence-electron chi connectivity index (χ0n) is 22.1. The number of rotatable bonds is 6. The molecule has 0 bridgehead atoms. The quantitative estimate of drug-likeness (QED) is 0.390. The number of carbonyl (C=O) groups excluding carboxylic acids is 1. The molecule has 1 saturated carbocycles. The number of hydrogen-bond acceptors (Lipinski definition) is 8. The first-order valence-corrected chi connectivity index (χ1v) is 13.7. The number of hydrogen-bond donors (Lipinski definition) is 2. The van der Waals surface area contributed by atoms with E-state index in [9.17, 15) is 4.79 Å². The standard InChI is InChI=1S/C29H32N8O2/c1-17-26(14-37(35-17)21-6-8-31-9-7-21)36(29(38)20-11-32-28(33-12-20)19-3-4-19)13-18-2-5-22-23-15-39-16-24(23)27(30)34-25(22)10-18/h2,5,10-12,14,19,21,31H,3-4,6-9,13,15-16H2,1H3,(H2,30,34). The summed E-state index contributed by atoms with van der Waals surface area (Å²) in [5, 5.41) is 9.29. The van der Waals surface area contributed by atoms with Crippen LogP contribution >= 0.6 is 0 Å². The molecule has 7 rings (SSSR count). The number of benzene rings is 1. The van der Waals surface area contributed by atoms with Crippen molar-refractivity contribution >= 4 is 28.3 Å². The van der Waals surface area contributed by atoms with Crippen LogP contribution < -0.4 is 16.0 Å². The second kappa shape index (κ2) is 9.69. The van der Waals surface area contributed by atoms with Crippen LogP contribution in [0.15, 0.2) is 36.8 Å². The summed E-state index contributed by atoms with van der Waals surface area (Å²) >= 11 is 0. The molecule has 0 radical (unpaired) electrons. The summed E-state index contributed by atoms with van der Waals surface area (Å²) in [7, 11) is 0. The third kappa shape index (κ3) is 4.53. The van der Waals surface area contributed by atoms with E-state index in [0.29, 0.717) is 43.1 Å². The molecule has 39 heavy (non-hydrogen) atoms. The van der Waals surface area contributed by atoms with Gasteiger partial charge in [-0.2, -0.15) is 5.10 Å². The smallest absolute Gasteiger partial charge is 0.261 e. The predicted molar refractivity (Wildman–Crippen MR) is 147 cm³/mol. The Bertz CT molecular complexity index is 1550. The van der Waals surface area contributed by atoms with Crippen molar-refractivity contribution in [2.24, 2.45) is 0 Å². The predicted octanol–water partition coefficient (Wildman–Crippen LogP) is 3.79. The molecule has 3 aliphatic rings. The van der Waals surface area contributed by atoms with Gasteiger partial charge in [-0.15, -0.1) is 0 Å². The minimum absolute atomic E-state index is 0.153. The summed E-state index contributed by atoms with van der Waals surface area (Å²) in [5.74, 6) is 1.61. The van der Waals surface area contributed by atoms with Gasteiger partial charge < -0.3 is 20.7 Å². The van der Waals surface area contributed by atoms with Gasteiger partial charge in [0.1, 0.15) is 11.6 Å². The van der Waals surface area contributed by atoms with Crippen molar-refractivity contribution in [3.05, 3.63) is 70.6 Å². The van der Waals surface area contributed by atoms with Crippen LogP contribution in [-0.2, 0) is 24.5 Å². The zero-order valence-corrected chi connectivity index (χ0v) is 22.1. The SMILES string of the molecule is Cc1nn(C2CCNCC2)cc1N(Cc1ccc2c3c(c(N)nc2c1)COC3)C(=O)c1cnc(C2CC2)nc1. The summed E-state index contributed by atoms with van der Waals surface area (Å²) in [6.45, 7) is 5.28. The molecule has 1 aliphatic carbocycles. The number of nitrogens with zero attached hydrogens (tertiary/aromatic N) is 6. The lowest BCUT2D eigenvalue weighted by Gasteiger charge is -2.24. The molecule has 3 aromatic heterocycles. The summed E-state index contributed by atoms with van der Waals surface area (Å²) in [4.78, 5) is 29.5. The number of fused-ring (bicyclic) bond motifs is 3. The Hall–Kier alpha value is -3.89. The molecule has 1 aromatic carbocycles. The second-order valence-electron chi connectivity index (χ2n) is 10.9. The number of nitrogens with two attached hydrogens (primary N) is 1. The lowest BCUT2D eigenvalue weighted by atomic mass is 10.0. The molecule has 200 valence electrons. The highest BCUT2D eigenvalue weighted by Gasteiger charge is 2.29. The Balaban J connectivity index is 1.25. The number of carbonyl (C=O) groups is 1. The van der Waals surface area contributed by atoms with E-state index in [2.05, 4.69) is 32.4 Å². The molecule has 4 aromatic rings. The maximum atomic E-state index is 14.0. The highest BCUT2D eigenvalue weighted by Crippen LogP contribution is 2.38. The molecule has 2 aliphatic heterocycles. The normalized spacial score (nSPS) is 17.5. The molecule has 1 amide bonds. The average molecular weight is 525 g/mol. The van der Waals surface area contributed by atoms with Gasteiger partial charge in [0.05, 0.1) is 48.3 Å². The number of pyridine rings is 1. The van der Waals surface area contributed by atoms with E-state index in [1.165, 1.54) is 0 Å². The van der Waals surface area contributed by atoms with E-state index in [1.54, 1.807) is 17.3 Å². The highest BCUT2D eigenvalue weighted by atomic mass is 16.5. The van der Waals surface area contributed by atoms with Crippen molar-refractivity contribution in [2.75, 3.05) is 23.7 Å². The van der Waals surface area contributed by atoms with Crippen LogP contribution in [0.5, 0.6) is 0 Å². The molecular formula is C29H32N8O2. The van der Waals surface area contributed by atoms with Gasteiger partial charge in [0.25, 0.3) is 5.91 Å². The summed E-state index contributed by atoms with van der Waals surface area (Å²) in [6.07, 6.45) is 9.59. The number of ether oxygens (including phenoxy) is 1. The first kappa shape index (κ1) is 24.2. The molecule has 10 heteroatoms. The average Bonchev–Trinajstić information content (AvgIpc) is 3.56. The fraction of sp³-hybridized carbons (Fsp3) is 0.414. The molecule has 0 spiro atoms. The molecule has 3 N–H and O–H groups in total. The Morgan fingerprint density at radius 1 is 1.13 bits per heavy atom. The van der Waals surface area contributed by atoms with Gasteiger partial charge >= 0.3 is 0 Å². The van der Waals surface area contributed by atoms with Crippen LogP contribution in [0.4, 0.5) is 11.5 Å². The molecule has 1 saturated heterocycles. The molecule has 10 nitrogen and oxygen atoms in total. The maximum absolute atomic E-state index is 14.0. The summed E-state index contributed by atoms with van der Waals surface area (Å²) in [6, 6.07) is 6.45. The third-order valence-electron chi connectivity index (χ3n) is 8.11. The van der Waals surface area contributed by atoms with E-state index in [-0.39, 0.29) is 5.91 Å². The van der Waals surface area contributed by atoms with Crippen molar-refractivity contribution in [2.45, 2.75) is 64.3 Å². The van der Waals surface area contributed by atoms with Crippen molar-refractivity contribution in [1.82, 2.24) is 30.0 Å². The number of anilines is 2. The minimum Gasteiger partial charge on any atom is -0.383 e. The Morgan fingerprint density at radius 3 is 2.67 bits per heavy atom. The number of nitrogens with one attached hydrogen (secondary N) is 1. The largest absolute Gasteiger partial charge is 0.383 e. The van der Waals surface area contributed by atoms with Crippen LogP contribution in [0.25, 0.3) is 10.9 Å². The monoisotopic (exact) mass is 524 g/mol. The Labute approximate surface area is 226 Å². The Kier molecular flexibility index (Phi) is 6.01. The van der Waals surface area contributed by atoms with Crippen molar-refractivity contribution in [3.8, 4) is 0 Å². The van der Waals surface area contributed by atoms with Crippen LogP contribution in [0, 0.1) is 6.92 Å². The van der Waals surface area contributed by atoms with E-state index in [1.807, 2.05) is 23.9 Å². The van der Waals surface area contributed by atoms with Gasteiger partial charge in [-0.3, -0.25) is 9.48 Å². The first-order chi connectivity index (χ1) is 19.0. The van der Waals surface area contributed by atoms with Crippen molar-refractivity contribution in [3.63, 3.8) is 0 Å².